The summed E-state index contributed by atoms with van der Waals surface area (Å²) in [5.74, 6) is -1.37. The SMILES string of the molecule is O=C1CCC(N2Cc3c(NC(=O)CCOCCOCCOCCOCCOCCO)cccc3C2=O)C(=O)N1. The van der Waals surface area contributed by atoms with Crippen molar-refractivity contribution in [3.05, 3.63) is 29.3 Å². The lowest BCUT2D eigenvalue weighted by molar-refractivity contribution is -0.137. The molecule has 0 bridgehead atoms. The van der Waals surface area contributed by atoms with E-state index in [0.29, 0.717) is 76.3 Å². The van der Waals surface area contributed by atoms with Crippen LogP contribution in [0.2, 0.25) is 0 Å². The minimum Gasteiger partial charge on any atom is -0.394 e. The van der Waals surface area contributed by atoms with Crippen molar-refractivity contribution in [2.24, 2.45) is 0 Å². The Balaban J connectivity index is 1.24. The third-order valence-corrected chi connectivity index (χ3v) is 6.05. The predicted molar refractivity (Wildman–Crippen MR) is 137 cm³/mol. The molecule has 2 aliphatic rings. The number of amides is 4. The Labute approximate surface area is 227 Å². The van der Waals surface area contributed by atoms with Gasteiger partial charge in [0.25, 0.3) is 5.91 Å². The first-order valence-corrected chi connectivity index (χ1v) is 13.1. The number of anilines is 1. The molecule has 0 saturated carbocycles. The Morgan fingerprint density at radius 2 is 1.49 bits per heavy atom. The number of nitrogens with zero attached hydrogens (tertiary/aromatic N) is 1. The van der Waals surface area contributed by atoms with Gasteiger partial charge in [0.15, 0.2) is 0 Å². The first-order chi connectivity index (χ1) is 19.0. The summed E-state index contributed by atoms with van der Waals surface area (Å²) in [6, 6.07) is 4.35. The number of rotatable bonds is 19. The molecule has 13 nitrogen and oxygen atoms in total. The van der Waals surface area contributed by atoms with Gasteiger partial charge >= 0.3 is 0 Å². The molecule has 216 valence electrons. The lowest BCUT2D eigenvalue weighted by Crippen LogP contribution is -2.52. The third kappa shape index (κ3) is 9.95. The number of ether oxygens (including phenoxy) is 5. The monoisotopic (exact) mass is 551 g/mol. The van der Waals surface area contributed by atoms with E-state index in [4.69, 9.17) is 28.8 Å². The normalized spacial score (nSPS) is 16.9. The largest absolute Gasteiger partial charge is 0.394 e. The summed E-state index contributed by atoms with van der Waals surface area (Å²) in [4.78, 5) is 50.5. The summed E-state index contributed by atoms with van der Waals surface area (Å²) in [7, 11) is 0. The number of benzene rings is 1. The van der Waals surface area contributed by atoms with Crippen LogP contribution in [0.25, 0.3) is 0 Å². The van der Waals surface area contributed by atoms with Crippen molar-refractivity contribution in [2.45, 2.75) is 31.8 Å². The van der Waals surface area contributed by atoms with Crippen LogP contribution in [0.3, 0.4) is 0 Å². The van der Waals surface area contributed by atoms with Gasteiger partial charge < -0.3 is 39.0 Å². The van der Waals surface area contributed by atoms with Gasteiger partial charge in [-0.05, 0) is 18.6 Å². The van der Waals surface area contributed by atoms with Crippen LogP contribution >= 0.6 is 0 Å². The van der Waals surface area contributed by atoms with Crippen molar-refractivity contribution >= 4 is 29.3 Å². The molecule has 1 fully saturated rings. The summed E-state index contributed by atoms with van der Waals surface area (Å²) in [6.07, 6.45) is 0.583. The van der Waals surface area contributed by atoms with Gasteiger partial charge in [-0.25, -0.2) is 0 Å². The summed E-state index contributed by atoms with van der Waals surface area (Å²) in [5.41, 5.74) is 1.60. The number of nitrogens with one attached hydrogen (secondary N) is 2. The van der Waals surface area contributed by atoms with Crippen LogP contribution in [-0.4, -0.2) is 112 Å². The second-order valence-corrected chi connectivity index (χ2v) is 8.82. The van der Waals surface area contributed by atoms with Gasteiger partial charge in [-0.1, -0.05) is 6.07 Å². The molecule has 2 heterocycles. The zero-order valence-electron chi connectivity index (χ0n) is 22.0. The number of hydrogen-bond acceptors (Lipinski definition) is 10. The lowest BCUT2D eigenvalue weighted by atomic mass is 10.0. The van der Waals surface area contributed by atoms with Crippen LogP contribution in [0.1, 0.15) is 35.2 Å². The van der Waals surface area contributed by atoms with E-state index in [0.717, 1.165) is 0 Å². The Morgan fingerprint density at radius 3 is 2.08 bits per heavy atom. The molecule has 2 aliphatic heterocycles. The van der Waals surface area contributed by atoms with Crippen LogP contribution in [0, 0.1) is 0 Å². The average Bonchev–Trinajstić information content (AvgIpc) is 3.25. The Morgan fingerprint density at radius 1 is 0.897 bits per heavy atom. The molecule has 0 aliphatic carbocycles. The van der Waals surface area contributed by atoms with Crippen molar-refractivity contribution in [1.82, 2.24) is 10.2 Å². The van der Waals surface area contributed by atoms with Gasteiger partial charge in [0.05, 0.1) is 79.1 Å². The molecule has 0 spiro atoms. The van der Waals surface area contributed by atoms with Crippen molar-refractivity contribution in [1.29, 1.82) is 0 Å². The highest BCUT2D eigenvalue weighted by molar-refractivity contribution is 6.06. The molecule has 0 radical (unpaired) electrons. The summed E-state index contributed by atoms with van der Waals surface area (Å²) >= 11 is 0. The van der Waals surface area contributed by atoms with E-state index >= 15 is 0 Å². The minimum atomic E-state index is -0.712. The number of aliphatic hydroxyl groups excluding tert-OH is 1. The quantitative estimate of drug-likeness (QED) is 0.156. The molecule has 0 aromatic heterocycles. The van der Waals surface area contributed by atoms with Gasteiger partial charge in [0.2, 0.25) is 17.7 Å². The van der Waals surface area contributed by atoms with Crippen LogP contribution in [0.4, 0.5) is 5.69 Å². The minimum absolute atomic E-state index is 0.000663. The molecule has 3 rings (SSSR count). The molecule has 39 heavy (non-hydrogen) atoms. The number of piperidine rings is 1. The molecule has 1 aromatic carbocycles. The maximum absolute atomic E-state index is 12.9. The van der Waals surface area contributed by atoms with E-state index in [9.17, 15) is 19.2 Å². The van der Waals surface area contributed by atoms with Crippen molar-refractivity contribution in [3.63, 3.8) is 0 Å². The zero-order valence-corrected chi connectivity index (χ0v) is 22.0. The van der Waals surface area contributed by atoms with Crippen molar-refractivity contribution < 1.29 is 48.0 Å². The average molecular weight is 552 g/mol. The van der Waals surface area contributed by atoms with E-state index in [-0.39, 0.29) is 56.7 Å². The second-order valence-electron chi connectivity index (χ2n) is 8.82. The second kappa shape index (κ2) is 16.9. The van der Waals surface area contributed by atoms with Crippen LogP contribution in [0.5, 0.6) is 0 Å². The fraction of sp³-hybridized carbons (Fsp3) is 0.615. The highest BCUT2D eigenvalue weighted by atomic mass is 16.6. The van der Waals surface area contributed by atoms with E-state index in [2.05, 4.69) is 10.6 Å². The van der Waals surface area contributed by atoms with Gasteiger partial charge in [-0.2, -0.15) is 0 Å². The highest BCUT2D eigenvalue weighted by Crippen LogP contribution is 2.32. The van der Waals surface area contributed by atoms with Crippen molar-refractivity contribution in [2.75, 3.05) is 78.0 Å². The standard InChI is InChI=1S/C26H37N3O10/c30-7-9-36-11-13-38-15-17-39-16-14-37-12-10-35-8-6-24(32)27-21-3-1-2-19-20(21)18-29(26(19)34)22-4-5-23(31)28-25(22)33/h1-3,22,30H,4-18H2,(H,27,32)(H,28,31,33). The molecule has 1 unspecified atom stereocenters. The number of carbonyl (C=O) groups is 4. The maximum Gasteiger partial charge on any atom is 0.255 e. The lowest BCUT2D eigenvalue weighted by Gasteiger charge is -2.29. The molecule has 1 saturated heterocycles. The Kier molecular flexibility index (Phi) is 13.3. The predicted octanol–water partition coefficient (Wildman–Crippen LogP) is -0.148. The molecule has 13 heteroatoms. The molecule has 1 aromatic rings. The molecular formula is C26H37N3O10. The first-order valence-electron chi connectivity index (χ1n) is 13.1. The fourth-order valence-electron chi connectivity index (χ4n) is 4.13. The Bertz CT molecular complexity index is 973. The number of hydrogen-bond donors (Lipinski definition) is 3. The van der Waals surface area contributed by atoms with Gasteiger partial charge in [-0.3, -0.25) is 24.5 Å². The molecule has 1 atom stereocenters. The van der Waals surface area contributed by atoms with E-state index in [1.165, 1.54) is 4.90 Å². The van der Waals surface area contributed by atoms with Crippen LogP contribution in [-0.2, 0) is 44.6 Å². The number of fused-ring (bicyclic) bond motifs is 1. The van der Waals surface area contributed by atoms with E-state index < -0.39 is 11.9 Å². The molecule has 3 N–H and O–H groups in total. The van der Waals surface area contributed by atoms with Crippen LogP contribution < -0.4 is 10.6 Å². The first kappa shape index (κ1) is 30.6. The summed E-state index contributed by atoms with van der Waals surface area (Å²) < 4.78 is 26.6. The highest BCUT2D eigenvalue weighted by Gasteiger charge is 2.39. The smallest absolute Gasteiger partial charge is 0.255 e. The molecular weight excluding hydrogens is 514 g/mol. The zero-order chi connectivity index (χ0) is 27.9. The third-order valence-electron chi connectivity index (χ3n) is 6.05. The topological polar surface area (TPSA) is 162 Å². The number of aliphatic hydroxyl groups is 1. The van der Waals surface area contributed by atoms with E-state index in [1.807, 2.05) is 0 Å². The summed E-state index contributed by atoms with van der Waals surface area (Å²) in [6.45, 7) is 4.03. The van der Waals surface area contributed by atoms with Gasteiger partial charge in [0.1, 0.15) is 6.04 Å². The van der Waals surface area contributed by atoms with Crippen LogP contribution in [0.15, 0.2) is 18.2 Å². The maximum atomic E-state index is 12.9. The Hall–Kier alpha value is -2.94. The fourth-order valence-corrected chi connectivity index (χ4v) is 4.13. The number of imide groups is 1. The van der Waals surface area contributed by atoms with Gasteiger partial charge in [0, 0.05) is 29.8 Å². The van der Waals surface area contributed by atoms with Crippen molar-refractivity contribution in [3.8, 4) is 0 Å². The molecule has 4 amide bonds. The summed E-state index contributed by atoms with van der Waals surface area (Å²) in [5, 5.41) is 13.7. The van der Waals surface area contributed by atoms with E-state index in [1.54, 1.807) is 18.2 Å². The number of carbonyl (C=O) groups excluding carboxylic acids is 4. The van der Waals surface area contributed by atoms with Gasteiger partial charge in [-0.15, -0.1) is 0 Å².